The van der Waals surface area contributed by atoms with Gasteiger partial charge in [0, 0.05) is 23.2 Å². The van der Waals surface area contributed by atoms with Crippen molar-refractivity contribution in [1.82, 2.24) is 14.9 Å². The second-order valence-corrected chi connectivity index (χ2v) is 5.90. The number of nitrogens with zero attached hydrogens (tertiary/aromatic N) is 2. The van der Waals surface area contributed by atoms with Gasteiger partial charge in [-0.05, 0) is 43.9 Å². The zero-order valence-corrected chi connectivity index (χ0v) is 13.4. The predicted molar refractivity (Wildman–Crippen MR) is 92.5 cm³/mol. The molecule has 0 saturated carbocycles. The van der Waals surface area contributed by atoms with Crippen LogP contribution in [-0.2, 0) is 0 Å². The van der Waals surface area contributed by atoms with Crippen LogP contribution in [0.25, 0.3) is 11.0 Å². The Morgan fingerprint density at radius 1 is 1.18 bits per heavy atom. The van der Waals surface area contributed by atoms with Gasteiger partial charge in [-0.25, -0.2) is 4.98 Å². The van der Waals surface area contributed by atoms with Gasteiger partial charge >= 0.3 is 0 Å². The molecule has 1 aromatic carbocycles. The van der Waals surface area contributed by atoms with E-state index in [0.29, 0.717) is 0 Å². The van der Waals surface area contributed by atoms with Crippen LogP contribution >= 0.6 is 11.6 Å². The topological polar surface area (TPSA) is 44.0 Å². The first kappa shape index (κ1) is 14.9. The summed E-state index contributed by atoms with van der Waals surface area (Å²) in [5.74, 6) is 0.855. The Labute approximate surface area is 135 Å². The molecular weight excluding hydrogens is 296 g/mol. The van der Waals surface area contributed by atoms with E-state index in [9.17, 15) is 0 Å². The van der Waals surface area contributed by atoms with Gasteiger partial charge in [-0.2, -0.15) is 0 Å². The maximum absolute atomic E-state index is 6.33. The third-order valence-electron chi connectivity index (χ3n) is 3.77. The highest BCUT2D eigenvalue weighted by Crippen LogP contribution is 2.26. The molecule has 0 aliphatic carbocycles. The van der Waals surface area contributed by atoms with E-state index in [4.69, 9.17) is 11.6 Å². The van der Waals surface area contributed by atoms with E-state index in [0.717, 1.165) is 34.0 Å². The molecule has 0 bridgehead atoms. The molecule has 0 unspecified atom stereocenters. The van der Waals surface area contributed by atoms with E-state index in [1.54, 1.807) is 0 Å². The van der Waals surface area contributed by atoms with Crippen molar-refractivity contribution in [2.45, 2.75) is 6.04 Å². The lowest BCUT2D eigenvalue weighted by molar-refractivity contribution is 0.312. The van der Waals surface area contributed by atoms with Crippen LogP contribution in [0.4, 0.5) is 5.82 Å². The van der Waals surface area contributed by atoms with Crippen molar-refractivity contribution >= 4 is 28.5 Å². The van der Waals surface area contributed by atoms with E-state index in [1.165, 1.54) is 0 Å². The lowest BCUT2D eigenvalue weighted by atomic mass is 10.1. The molecule has 1 atom stereocenters. The molecule has 22 heavy (non-hydrogen) atoms. The standard InChI is InChI=1S/C17H19ClN4/c1-22(2)15(13-5-3-4-6-14(13)18)11-20-16-8-7-12-9-10-19-17(12)21-16/h3-10,15H,11H2,1-2H3,(H2,19,20,21)/t15-/m1/s1. The van der Waals surface area contributed by atoms with Crippen molar-refractivity contribution in [3.8, 4) is 0 Å². The summed E-state index contributed by atoms with van der Waals surface area (Å²) in [5, 5.41) is 5.30. The third kappa shape index (κ3) is 3.08. The monoisotopic (exact) mass is 314 g/mol. The maximum Gasteiger partial charge on any atom is 0.139 e. The van der Waals surface area contributed by atoms with Crippen LogP contribution in [0, 0.1) is 0 Å². The largest absolute Gasteiger partial charge is 0.368 e. The first-order valence-corrected chi connectivity index (χ1v) is 7.62. The van der Waals surface area contributed by atoms with E-state index >= 15 is 0 Å². The number of nitrogens with one attached hydrogen (secondary N) is 2. The number of H-pyrrole nitrogens is 1. The summed E-state index contributed by atoms with van der Waals surface area (Å²) in [6.45, 7) is 0.732. The zero-order valence-electron chi connectivity index (χ0n) is 12.7. The molecule has 2 aromatic heterocycles. The Balaban J connectivity index is 1.78. The molecule has 2 N–H and O–H groups in total. The van der Waals surface area contributed by atoms with E-state index in [2.05, 4.69) is 46.4 Å². The number of anilines is 1. The molecule has 0 fully saturated rings. The molecule has 114 valence electrons. The fourth-order valence-electron chi connectivity index (χ4n) is 2.55. The van der Waals surface area contributed by atoms with Gasteiger partial charge in [0.25, 0.3) is 0 Å². The van der Waals surface area contributed by atoms with Crippen molar-refractivity contribution in [3.63, 3.8) is 0 Å². The molecule has 0 radical (unpaired) electrons. The third-order valence-corrected chi connectivity index (χ3v) is 4.12. The number of hydrogen-bond donors (Lipinski definition) is 2. The smallest absolute Gasteiger partial charge is 0.139 e. The van der Waals surface area contributed by atoms with Crippen LogP contribution in [0.3, 0.4) is 0 Å². The molecule has 0 aliphatic heterocycles. The Hall–Kier alpha value is -2.04. The van der Waals surface area contributed by atoms with Gasteiger partial charge in [0.2, 0.25) is 0 Å². The van der Waals surface area contributed by atoms with Gasteiger partial charge in [0.05, 0.1) is 6.04 Å². The van der Waals surface area contributed by atoms with Crippen molar-refractivity contribution in [3.05, 3.63) is 59.2 Å². The molecule has 0 saturated heterocycles. The van der Waals surface area contributed by atoms with Crippen LogP contribution in [0.2, 0.25) is 5.02 Å². The van der Waals surface area contributed by atoms with Gasteiger partial charge in [-0.15, -0.1) is 0 Å². The minimum atomic E-state index is 0.176. The van der Waals surface area contributed by atoms with Crippen molar-refractivity contribution in [2.24, 2.45) is 0 Å². The van der Waals surface area contributed by atoms with Gasteiger partial charge in [-0.1, -0.05) is 29.8 Å². The Morgan fingerprint density at radius 2 is 2.00 bits per heavy atom. The number of benzene rings is 1. The Kier molecular flexibility index (Phi) is 4.32. The van der Waals surface area contributed by atoms with E-state index in [1.807, 2.05) is 36.5 Å². The number of fused-ring (bicyclic) bond motifs is 1. The minimum absolute atomic E-state index is 0.176. The van der Waals surface area contributed by atoms with Crippen LogP contribution in [-0.4, -0.2) is 35.5 Å². The Morgan fingerprint density at radius 3 is 2.77 bits per heavy atom. The molecular formula is C17H19ClN4. The van der Waals surface area contributed by atoms with Crippen LogP contribution in [0.5, 0.6) is 0 Å². The fourth-order valence-corrected chi connectivity index (χ4v) is 2.81. The molecule has 5 heteroatoms. The number of pyridine rings is 1. The number of aromatic nitrogens is 2. The van der Waals surface area contributed by atoms with E-state index in [-0.39, 0.29) is 6.04 Å². The quantitative estimate of drug-likeness (QED) is 0.750. The second-order valence-electron chi connectivity index (χ2n) is 5.49. The molecule has 4 nitrogen and oxygen atoms in total. The predicted octanol–water partition coefficient (Wildman–Crippen LogP) is 3.93. The van der Waals surface area contributed by atoms with Gasteiger partial charge < -0.3 is 15.2 Å². The normalized spacial score (nSPS) is 12.7. The summed E-state index contributed by atoms with van der Waals surface area (Å²) >= 11 is 6.33. The fraction of sp³-hybridized carbons (Fsp3) is 0.235. The highest BCUT2D eigenvalue weighted by molar-refractivity contribution is 6.31. The van der Waals surface area contributed by atoms with E-state index < -0.39 is 0 Å². The Bertz CT molecular complexity index is 766. The number of rotatable bonds is 5. The average Bonchev–Trinajstić information content (AvgIpc) is 2.96. The molecule has 2 heterocycles. The van der Waals surface area contributed by atoms with Crippen molar-refractivity contribution in [2.75, 3.05) is 26.0 Å². The minimum Gasteiger partial charge on any atom is -0.368 e. The second kappa shape index (κ2) is 6.38. The van der Waals surface area contributed by atoms with Crippen molar-refractivity contribution in [1.29, 1.82) is 0 Å². The lowest BCUT2D eigenvalue weighted by Gasteiger charge is -2.26. The van der Waals surface area contributed by atoms with Crippen LogP contribution < -0.4 is 5.32 Å². The zero-order chi connectivity index (χ0) is 15.5. The van der Waals surface area contributed by atoms with Crippen molar-refractivity contribution < 1.29 is 0 Å². The average molecular weight is 315 g/mol. The number of aromatic amines is 1. The molecule has 0 aliphatic rings. The molecule has 3 rings (SSSR count). The summed E-state index contributed by atoms with van der Waals surface area (Å²) < 4.78 is 0. The first-order chi connectivity index (χ1) is 10.6. The maximum atomic E-state index is 6.33. The van der Waals surface area contributed by atoms with Crippen LogP contribution in [0.15, 0.2) is 48.7 Å². The van der Waals surface area contributed by atoms with Gasteiger partial charge in [0.1, 0.15) is 11.5 Å². The molecule has 3 aromatic rings. The summed E-state index contributed by atoms with van der Waals surface area (Å²) in [6.07, 6.45) is 1.90. The highest BCUT2D eigenvalue weighted by Gasteiger charge is 2.16. The summed E-state index contributed by atoms with van der Waals surface area (Å²) in [6, 6.07) is 14.2. The summed E-state index contributed by atoms with van der Waals surface area (Å²) in [5.41, 5.74) is 2.01. The molecule has 0 spiro atoms. The number of hydrogen-bond acceptors (Lipinski definition) is 3. The first-order valence-electron chi connectivity index (χ1n) is 7.24. The van der Waals surface area contributed by atoms with Gasteiger partial charge in [-0.3, -0.25) is 0 Å². The molecule has 0 amide bonds. The number of halogens is 1. The highest BCUT2D eigenvalue weighted by atomic mass is 35.5. The summed E-state index contributed by atoms with van der Waals surface area (Å²) in [4.78, 5) is 9.85. The number of likely N-dealkylation sites (N-methyl/N-ethyl adjacent to an activating group) is 1. The SMILES string of the molecule is CN(C)[C@H](CNc1ccc2cc[nH]c2n1)c1ccccc1Cl. The van der Waals surface area contributed by atoms with Crippen LogP contribution in [0.1, 0.15) is 11.6 Å². The lowest BCUT2D eigenvalue weighted by Crippen LogP contribution is -2.27. The van der Waals surface area contributed by atoms with Gasteiger partial charge in [0.15, 0.2) is 0 Å². The summed E-state index contributed by atoms with van der Waals surface area (Å²) in [7, 11) is 4.11.